The molecular weight excluding hydrogens is 368 g/mol. The fourth-order valence-corrected chi connectivity index (χ4v) is 3.76. The van der Waals surface area contributed by atoms with E-state index in [-0.39, 0.29) is 11.9 Å². The molecule has 1 atom stereocenters. The van der Waals surface area contributed by atoms with Crippen LogP contribution in [0.5, 0.6) is 5.75 Å². The standard InChI is InChI=1S/C19H17BrN2O2/c1-24-15-6-4-5-14(12-15)21-10-3-2-7-18-16-9-8-13(20)11-17(16)19(23)22(18)21/h2-6,8-9,11-12,18H,7,10H2,1H3. The lowest BCUT2D eigenvalue weighted by atomic mass is 10.0. The van der Waals surface area contributed by atoms with E-state index in [1.165, 1.54) is 0 Å². The first kappa shape index (κ1) is 15.3. The summed E-state index contributed by atoms with van der Waals surface area (Å²) in [7, 11) is 1.65. The minimum atomic E-state index is 0.0329. The summed E-state index contributed by atoms with van der Waals surface area (Å²) >= 11 is 3.47. The Hall–Kier alpha value is -2.27. The number of benzene rings is 2. The number of methoxy groups -OCH3 is 1. The molecule has 4 rings (SSSR count). The van der Waals surface area contributed by atoms with Gasteiger partial charge in [0.15, 0.2) is 0 Å². The third-order valence-electron chi connectivity index (χ3n) is 4.52. The number of carbonyl (C=O) groups is 1. The van der Waals surface area contributed by atoms with Gasteiger partial charge in [-0.15, -0.1) is 0 Å². The summed E-state index contributed by atoms with van der Waals surface area (Å²) in [5.74, 6) is 0.826. The van der Waals surface area contributed by atoms with Crippen molar-refractivity contribution in [2.24, 2.45) is 0 Å². The zero-order valence-corrected chi connectivity index (χ0v) is 14.9. The second kappa shape index (κ2) is 5.98. The Morgan fingerprint density at radius 3 is 2.88 bits per heavy atom. The van der Waals surface area contributed by atoms with Gasteiger partial charge in [-0.2, -0.15) is 0 Å². The first-order valence-electron chi connectivity index (χ1n) is 7.88. The second-order valence-corrected chi connectivity index (χ2v) is 6.80. The van der Waals surface area contributed by atoms with Gasteiger partial charge in [0.05, 0.1) is 25.4 Å². The third kappa shape index (κ3) is 2.40. The Morgan fingerprint density at radius 1 is 1.17 bits per heavy atom. The number of ether oxygens (including phenoxy) is 1. The van der Waals surface area contributed by atoms with Crippen LogP contribution in [-0.4, -0.2) is 24.6 Å². The van der Waals surface area contributed by atoms with Crippen molar-refractivity contribution < 1.29 is 9.53 Å². The van der Waals surface area contributed by atoms with E-state index in [4.69, 9.17) is 4.74 Å². The maximum absolute atomic E-state index is 13.1. The van der Waals surface area contributed by atoms with Gasteiger partial charge in [0.25, 0.3) is 5.91 Å². The fraction of sp³-hybridized carbons (Fsp3) is 0.211. The minimum Gasteiger partial charge on any atom is -0.497 e. The number of nitrogens with zero attached hydrogens (tertiary/aromatic N) is 2. The van der Waals surface area contributed by atoms with Crippen LogP contribution in [0.2, 0.25) is 0 Å². The van der Waals surface area contributed by atoms with E-state index in [0.717, 1.165) is 33.5 Å². The molecule has 4 nitrogen and oxygen atoms in total. The molecule has 0 aliphatic carbocycles. The first-order chi connectivity index (χ1) is 11.7. The molecule has 24 heavy (non-hydrogen) atoms. The van der Waals surface area contributed by atoms with Crippen molar-refractivity contribution in [2.45, 2.75) is 12.5 Å². The average molecular weight is 385 g/mol. The molecule has 122 valence electrons. The average Bonchev–Trinajstić information content (AvgIpc) is 2.77. The quantitative estimate of drug-likeness (QED) is 0.722. The number of hydrogen-bond donors (Lipinski definition) is 0. The Bertz CT molecular complexity index is 834. The van der Waals surface area contributed by atoms with Crippen molar-refractivity contribution in [3.8, 4) is 5.75 Å². The van der Waals surface area contributed by atoms with Crippen LogP contribution in [0.15, 0.2) is 59.1 Å². The van der Waals surface area contributed by atoms with Gasteiger partial charge in [-0.05, 0) is 36.2 Å². The molecule has 0 bridgehead atoms. The Labute approximate surface area is 149 Å². The fourth-order valence-electron chi connectivity index (χ4n) is 3.39. The number of hydrogen-bond acceptors (Lipinski definition) is 3. The zero-order valence-electron chi connectivity index (χ0n) is 13.3. The summed E-state index contributed by atoms with van der Waals surface area (Å²) in [6.07, 6.45) is 5.09. The predicted molar refractivity (Wildman–Crippen MR) is 97.1 cm³/mol. The highest BCUT2D eigenvalue weighted by Crippen LogP contribution is 2.41. The molecule has 2 heterocycles. The van der Waals surface area contributed by atoms with E-state index < -0.39 is 0 Å². The van der Waals surface area contributed by atoms with E-state index in [9.17, 15) is 4.79 Å². The molecule has 0 saturated carbocycles. The molecule has 1 amide bonds. The van der Waals surface area contributed by atoms with Gasteiger partial charge >= 0.3 is 0 Å². The molecular formula is C19H17BrN2O2. The predicted octanol–water partition coefficient (Wildman–Crippen LogP) is 4.34. The normalized spacial score (nSPS) is 19.1. The maximum Gasteiger partial charge on any atom is 0.273 e. The number of anilines is 1. The van der Waals surface area contributed by atoms with Gasteiger partial charge in [0, 0.05) is 16.1 Å². The van der Waals surface area contributed by atoms with Crippen LogP contribution < -0.4 is 9.75 Å². The van der Waals surface area contributed by atoms with Crippen molar-refractivity contribution in [3.63, 3.8) is 0 Å². The summed E-state index contributed by atoms with van der Waals surface area (Å²) in [4.78, 5) is 13.1. The number of carbonyl (C=O) groups excluding carboxylic acids is 1. The summed E-state index contributed by atoms with van der Waals surface area (Å²) in [6, 6.07) is 13.8. The monoisotopic (exact) mass is 384 g/mol. The van der Waals surface area contributed by atoms with Gasteiger partial charge in [-0.3, -0.25) is 9.80 Å². The van der Waals surface area contributed by atoms with Crippen LogP contribution in [0, 0.1) is 0 Å². The van der Waals surface area contributed by atoms with E-state index in [1.807, 2.05) is 52.5 Å². The summed E-state index contributed by atoms with van der Waals surface area (Å²) in [5.41, 5.74) is 2.81. The second-order valence-electron chi connectivity index (χ2n) is 5.89. The molecule has 0 aromatic heterocycles. The molecule has 0 radical (unpaired) electrons. The molecule has 0 fully saturated rings. The third-order valence-corrected chi connectivity index (χ3v) is 5.02. The molecule has 2 aromatic rings. The first-order valence-corrected chi connectivity index (χ1v) is 8.68. The maximum atomic E-state index is 13.1. The summed E-state index contributed by atoms with van der Waals surface area (Å²) < 4.78 is 6.26. The smallest absolute Gasteiger partial charge is 0.273 e. The molecule has 2 aliphatic rings. The van der Waals surface area contributed by atoms with E-state index in [1.54, 1.807) is 7.11 Å². The Balaban J connectivity index is 1.80. The van der Waals surface area contributed by atoms with Gasteiger partial charge < -0.3 is 4.74 Å². The Kier molecular flexibility index (Phi) is 3.81. The highest BCUT2D eigenvalue weighted by atomic mass is 79.9. The van der Waals surface area contributed by atoms with Crippen LogP contribution in [-0.2, 0) is 0 Å². The van der Waals surface area contributed by atoms with Gasteiger partial charge in [-0.1, -0.05) is 40.2 Å². The molecule has 0 N–H and O–H groups in total. The highest BCUT2D eigenvalue weighted by Gasteiger charge is 2.40. The highest BCUT2D eigenvalue weighted by molar-refractivity contribution is 9.10. The largest absolute Gasteiger partial charge is 0.497 e. The van der Waals surface area contributed by atoms with Crippen LogP contribution in [0.4, 0.5) is 5.69 Å². The number of fused-ring (bicyclic) bond motifs is 3. The van der Waals surface area contributed by atoms with Gasteiger partial charge in [0.2, 0.25) is 0 Å². The van der Waals surface area contributed by atoms with Gasteiger partial charge in [0.1, 0.15) is 5.75 Å². The number of rotatable bonds is 2. The topological polar surface area (TPSA) is 32.8 Å². The van der Waals surface area contributed by atoms with Crippen molar-refractivity contribution in [2.75, 3.05) is 18.7 Å². The summed E-state index contributed by atoms with van der Waals surface area (Å²) in [5, 5.41) is 3.92. The van der Waals surface area contributed by atoms with Crippen LogP contribution in [0.3, 0.4) is 0 Å². The zero-order chi connectivity index (χ0) is 16.7. The number of hydrazine groups is 1. The molecule has 2 aromatic carbocycles. The molecule has 0 spiro atoms. The van der Waals surface area contributed by atoms with Crippen molar-refractivity contribution >= 4 is 27.5 Å². The van der Waals surface area contributed by atoms with Gasteiger partial charge in [-0.25, -0.2) is 5.01 Å². The van der Waals surface area contributed by atoms with Crippen molar-refractivity contribution in [1.29, 1.82) is 0 Å². The van der Waals surface area contributed by atoms with Crippen LogP contribution >= 0.6 is 15.9 Å². The van der Waals surface area contributed by atoms with Crippen molar-refractivity contribution in [1.82, 2.24) is 5.01 Å². The lowest BCUT2D eigenvalue weighted by Gasteiger charge is -2.36. The van der Waals surface area contributed by atoms with Crippen molar-refractivity contribution in [3.05, 3.63) is 70.2 Å². The Morgan fingerprint density at radius 2 is 2.04 bits per heavy atom. The van der Waals surface area contributed by atoms with E-state index >= 15 is 0 Å². The summed E-state index contributed by atoms with van der Waals surface area (Å²) in [6.45, 7) is 0.657. The van der Waals surface area contributed by atoms with Crippen LogP contribution in [0.25, 0.3) is 0 Å². The lowest BCUT2D eigenvalue weighted by molar-refractivity contribution is 0.0710. The van der Waals surface area contributed by atoms with E-state index in [2.05, 4.69) is 28.1 Å². The number of halogens is 1. The molecule has 1 unspecified atom stereocenters. The molecule has 2 aliphatic heterocycles. The van der Waals surface area contributed by atoms with Crippen LogP contribution in [0.1, 0.15) is 28.4 Å². The minimum absolute atomic E-state index is 0.0329. The van der Waals surface area contributed by atoms with E-state index in [0.29, 0.717) is 6.54 Å². The molecule has 5 heteroatoms. The lowest BCUT2D eigenvalue weighted by Crippen LogP contribution is -2.44. The molecule has 0 saturated heterocycles. The number of amides is 1. The SMILES string of the molecule is COc1cccc(N2CC=CCC3c4ccc(Br)cc4C(=O)N32)c1.